The van der Waals surface area contributed by atoms with E-state index in [-0.39, 0.29) is 22.9 Å². The summed E-state index contributed by atoms with van der Waals surface area (Å²) in [5, 5.41) is 2.91. The second kappa shape index (κ2) is 6.51. The molecule has 0 bridgehead atoms. The zero-order valence-corrected chi connectivity index (χ0v) is 15.4. The van der Waals surface area contributed by atoms with Crippen LogP contribution in [-0.2, 0) is 12.8 Å². The molecule has 0 saturated heterocycles. The molecule has 25 heavy (non-hydrogen) atoms. The molecule has 1 amide bonds. The summed E-state index contributed by atoms with van der Waals surface area (Å²) in [6, 6.07) is 8.24. The Morgan fingerprint density at radius 2 is 2.00 bits per heavy atom. The number of ketones is 1. The molecule has 0 unspecified atom stereocenters. The lowest BCUT2D eigenvalue weighted by Gasteiger charge is -2.27. The molecule has 0 radical (unpaired) electrons. The smallest absolute Gasteiger partial charge is 0.287 e. The molecule has 2 aromatic rings. The van der Waals surface area contributed by atoms with E-state index in [1.165, 1.54) is 11.1 Å². The first-order valence-electron chi connectivity index (χ1n) is 8.76. The lowest BCUT2D eigenvalue weighted by Crippen LogP contribution is -2.26. The van der Waals surface area contributed by atoms with Gasteiger partial charge in [0.15, 0.2) is 11.5 Å². The summed E-state index contributed by atoms with van der Waals surface area (Å²) < 4.78 is 5.79. The predicted octanol–water partition coefficient (Wildman–Crippen LogP) is 4.02. The van der Waals surface area contributed by atoms with E-state index in [4.69, 9.17) is 4.42 Å². The quantitative estimate of drug-likeness (QED) is 0.915. The van der Waals surface area contributed by atoms with Crippen molar-refractivity contribution in [1.29, 1.82) is 0 Å². The summed E-state index contributed by atoms with van der Waals surface area (Å²) in [5.41, 5.74) is 3.56. The SMILES string of the molecule is Cc1cccc(CCNC(=O)c2oc3c(c2C)C(=O)CC(C)(C)C3)c1. The van der Waals surface area contributed by atoms with Gasteiger partial charge in [0.2, 0.25) is 0 Å². The molecule has 1 N–H and O–H groups in total. The third kappa shape index (κ3) is 3.68. The molecule has 1 aromatic heterocycles. The molecule has 3 rings (SSSR count). The van der Waals surface area contributed by atoms with Gasteiger partial charge < -0.3 is 9.73 Å². The molecule has 0 fully saturated rings. The Hall–Kier alpha value is -2.36. The van der Waals surface area contributed by atoms with Gasteiger partial charge in [-0.1, -0.05) is 43.7 Å². The van der Waals surface area contributed by atoms with Gasteiger partial charge in [-0.05, 0) is 31.2 Å². The topological polar surface area (TPSA) is 59.3 Å². The number of amides is 1. The molecule has 0 aliphatic heterocycles. The molecule has 1 heterocycles. The van der Waals surface area contributed by atoms with Crippen LogP contribution in [0.3, 0.4) is 0 Å². The average Bonchev–Trinajstić information content (AvgIpc) is 2.82. The number of aryl methyl sites for hydroxylation is 1. The van der Waals surface area contributed by atoms with Crippen LogP contribution in [-0.4, -0.2) is 18.2 Å². The van der Waals surface area contributed by atoms with Crippen LogP contribution in [0, 0.1) is 19.3 Å². The van der Waals surface area contributed by atoms with Crippen LogP contribution in [0.2, 0.25) is 0 Å². The lowest BCUT2D eigenvalue weighted by molar-refractivity contribution is 0.0889. The molecule has 4 nitrogen and oxygen atoms in total. The molecule has 132 valence electrons. The van der Waals surface area contributed by atoms with Crippen LogP contribution in [0.4, 0.5) is 0 Å². The molecule has 1 aliphatic carbocycles. The Balaban J connectivity index is 1.70. The van der Waals surface area contributed by atoms with E-state index in [1.54, 1.807) is 6.92 Å². The minimum atomic E-state index is -0.245. The number of furan rings is 1. The molecule has 0 atom stereocenters. The molecule has 1 aromatic carbocycles. The molecule has 0 saturated carbocycles. The van der Waals surface area contributed by atoms with Crippen LogP contribution in [0.25, 0.3) is 0 Å². The van der Waals surface area contributed by atoms with Crippen molar-refractivity contribution < 1.29 is 14.0 Å². The number of carbonyl (C=O) groups excluding carboxylic acids is 2. The minimum Gasteiger partial charge on any atom is -0.455 e. The van der Waals surface area contributed by atoms with E-state index in [0.717, 1.165) is 6.42 Å². The zero-order valence-electron chi connectivity index (χ0n) is 15.4. The van der Waals surface area contributed by atoms with Gasteiger partial charge in [0.1, 0.15) is 5.76 Å². The van der Waals surface area contributed by atoms with Crippen LogP contribution in [0.15, 0.2) is 28.7 Å². The van der Waals surface area contributed by atoms with E-state index in [9.17, 15) is 9.59 Å². The normalized spacial score (nSPS) is 15.8. The van der Waals surface area contributed by atoms with E-state index >= 15 is 0 Å². The number of nitrogens with one attached hydrogen (secondary N) is 1. The van der Waals surface area contributed by atoms with Crippen molar-refractivity contribution in [1.82, 2.24) is 5.32 Å². The van der Waals surface area contributed by atoms with E-state index in [0.29, 0.717) is 36.3 Å². The average molecular weight is 339 g/mol. The monoisotopic (exact) mass is 339 g/mol. The van der Waals surface area contributed by atoms with Gasteiger partial charge in [-0.15, -0.1) is 0 Å². The fourth-order valence-electron chi connectivity index (χ4n) is 3.57. The summed E-state index contributed by atoms with van der Waals surface area (Å²) >= 11 is 0. The fraction of sp³-hybridized carbons (Fsp3) is 0.429. The summed E-state index contributed by atoms with van der Waals surface area (Å²) in [4.78, 5) is 24.9. The van der Waals surface area contributed by atoms with Gasteiger partial charge in [-0.25, -0.2) is 0 Å². The number of hydrogen-bond donors (Lipinski definition) is 1. The zero-order chi connectivity index (χ0) is 18.2. The van der Waals surface area contributed by atoms with Crippen molar-refractivity contribution in [3.63, 3.8) is 0 Å². The maximum atomic E-state index is 12.5. The van der Waals surface area contributed by atoms with E-state index < -0.39 is 0 Å². The van der Waals surface area contributed by atoms with Crippen LogP contribution in [0.1, 0.15) is 63.6 Å². The summed E-state index contributed by atoms with van der Waals surface area (Å²) in [6.45, 7) is 8.48. The van der Waals surface area contributed by atoms with Gasteiger partial charge in [0, 0.05) is 24.9 Å². The van der Waals surface area contributed by atoms with E-state index in [2.05, 4.69) is 30.4 Å². The summed E-state index contributed by atoms with van der Waals surface area (Å²) in [6.07, 6.45) is 1.94. The maximum absolute atomic E-state index is 12.5. The first-order chi connectivity index (χ1) is 11.8. The van der Waals surface area contributed by atoms with Gasteiger partial charge >= 0.3 is 0 Å². The number of benzene rings is 1. The third-order valence-electron chi connectivity index (χ3n) is 4.76. The van der Waals surface area contributed by atoms with Gasteiger partial charge in [-0.3, -0.25) is 9.59 Å². The van der Waals surface area contributed by atoms with Crippen molar-refractivity contribution in [3.8, 4) is 0 Å². The van der Waals surface area contributed by atoms with Crippen molar-refractivity contribution in [3.05, 3.63) is 58.0 Å². The predicted molar refractivity (Wildman–Crippen MR) is 97.1 cm³/mol. The molecule has 1 aliphatic rings. The number of Topliss-reactive ketones (excluding diaryl/α,β-unsaturated/α-hetero) is 1. The number of hydrogen-bond acceptors (Lipinski definition) is 3. The largest absolute Gasteiger partial charge is 0.455 e. The Bertz CT molecular complexity index is 830. The first-order valence-corrected chi connectivity index (χ1v) is 8.76. The second-order valence-electron chi connectivity index (χ2n) is 7.79. The lowest BCUT2D eigenvalue weighted by atomic mass is 9.76. The fourth-order valence-corrected chi connectivity index (χ4v) is 3.57. The Kier molecular flexibility index (Phi) is 4.55. The summed E-state index contributed by atoms with van der Waals surface area (Å²) in [7, 11) is 0. The van der Waals surface area contributed by atoms with Crippen molar-refractivity contribution >= 4 is 11.7 Å². The van der Waals surface area contributed by atoms with Crippen molar-refractivity contribution in [2.75, 3.05) is 6.54 Å². The van der Waals surface area contributed by atoms with Gasteiger partial charge in [-0.2, -0.15) is 0 Å². The highest BCUT2D eigenvalue weighted by molar-refractivity contribution is 6.03. The molecule has 4 heteroatoms. The molecule has 0 spiro atoms. The maximum Gasteiger partial charge on any atom is 0.287 e. The standard InChI is InChI=1S/C21H25NO3/c1-13-6-5-7-15(10-13)8-9-22-20(24)19-14(2)18-16(23)11-21(3,4)12-17(18)25-19/h5-7,10H,8-9,11-12H2,1-4H3,(H,22,24). The van der Waals surface area contributed by atoms with E-state index in [1.807, 2.05) is 19.9 Å². The second-order valence-corrected chi connectivity index (χ2v) is 7.79. The van der Waals surface area contributed by atoms with Crippen LogP contribution in [0.5, 0.6) is 0 Å². The van der Waals surface area contributed by atoms with Crippen LogP contribution >= 0.6 is 0 Å². The summed E-state index contributed by atoms with van der Waals surface area (Å²) in [5.74, 6) is 0.763. The molecular formula is C21H25NO3. The highest BCUT2D eigenvalue weighted by atomic mass is 16.4. The highest BCUT2D eigenvalue weighted by Crippen LogP contribution is 2.38. The number of rotatable bonds is 4. The number of fused-ring (bicyclic) bond motifs is 1. The Morgan fingerprint density at radius 1 is 1.24 bits per heavy atom. The van der Waals surface area contributed by atoms with Crippen LogP contribution < -0.4 is 5.32 Å². The van der Waals surface area contributed by atoms with Gasteiger partial charge in [0.05, 0.1) is 5.56 Å². The first kappa shape index (κ1) is 17.5. The minimum absolute atomic E-state index is 0.0753. The Labute approximate surface area is 148 Å². The molecular weight excluding hydrogens is 314 g/mol. The van der Waals surface area contributed by atoms with Crippen molar-refractivity contribution in [2.24, 2.45) is 5.41 Å². The number of carbonyl (C=O) groups is 2. The van der Waals surface area contributed by atoms with Gasteiger partial charge in [0.25, 0.3) is 5.91 Å². The third-order valence-corrected chi connectivity index (χ3v) is 4.76. The van der Waals surface area contributed by atoms with Crippen molar-refractivity contribution in [2.45, 2.75) is 47.0 Å². The highest BCUT2D eigenvalue weighted by Gasteiger charge is 2.36. The Morgan fingerprint density at radius 3 is 2.72 bits per heavy atom.